The first kappa shape index (κ1) is 11.9. The molecule has 1 aromatic rings. The Bertz CT molecular complexity index is 423. The molecule has 1 nitrogen and oxygen atoms in total. The zero-order chi connectivity index (χ0) is 12.1. The quantitative estimate of drug-likeness (QED) is 0.827. The molecule has 0 radical (unpaired) electrons. The van der Waals surface area contributed by atoms with Gasteiger partial charge < -0.3 is 5.73 Å². The van der Waals surface area contributed by atoms with E-state index < -0.39 is 0 Å². The van der Waals surface area contributed by atoms with Gasteiger partial charge in [-0.15, -0.1) is 0 Å². The Morgan fingerprint density at radius 3 is 2.31 bits per heavy atom. The molecule has 88 valence electrons. The zero-order valence-corrected chi connectivity index (χ0v) is 11.2. The van der Waals surface area contributed by atoms with E-state index in [9.17, 15) is 0 Å². The standard InChI is InChI=1S/C14H20ClN/c1-8-5-10(12(15)6-9(8)2)13(16)11-7-14(11,3)4/h5-6,11,13H,7,16H2,1-4H3. The lowest BCUT2D eigenvalue weighted by atomic mass is 9.95. The molecule has 2 atom stereocenters. The van der Waals surface area contributed by atoms with Crippen molar-refractivity contribution in [2.24, 2.45) is 17.1 Å². The van der Waals surface area contributed by atoms with Crippen LogP contribution in [0.3, 0.4) is 0 Å². The van der Waals surface area contributed by atoms with Gasteiger partial charge in [0.05, 0.1) is 0 Å². The van der Waals surface area contributed by atoms with Crippen LogP contribution in [0.4, 0.5) is 0 Å². The molecule has 0 aromatic heterocycles. The van der Waals surface area contributed by atoms with Crippen LogP contribution in [-0.4, -0.2) is 0 Å². The summed E-state index contributed by atoms with van der Waals surface area (Å²) in [7, 11) is 0. The molecule has 1 aliphatic carbocycles. The van der Waals surface area contributed by atoms with Crippen LogP contribution in [0.25, 0.3) is 0 Å². The van der Waals surface area contributed by atoms with Gasteiger partial charge in [-0.05, 0) is 54.4 Å². The molecule has 1 aliphatic rings. The van der Waals surface area contributed by atoms with E-state index in [1.807, 2.05) is 6.07 Å². The molecule has 0 spiro atoms. The van der Waals surface area contributed by atoms with Gasteiger partial charge in [-0.25, -0.2) is 0 Å². The van der Waals surface area contributed by atoms with Crippen molar-refractivity contribution in [2.45, 2.75) is 40.2 Å². The molecule has 16 heavy (non-hydrogen) atoms. The van der Waals surface area contributed by atoms with Crippen LogP contribution in [0.1, 0.15) is 43.0 Å². The lowest BCUT2D eigenvalue weighted by Crippen LogP contribution is -2.16. The summed E-state index contributed by atoms with van der Waals surface area (Å²) in [5, 5.41) is 0.818. The minimum atomic E-state index is 0.0850. The first-order valence-electron chi connectivity index (χ1n) is 5.85. The molecule has 0 amide bonds. The number of rotatable bonds is 2. The van der Waals surface area contributed by atoms with Crippen LogP contribution in [0.2, 0.25) is 5.02 Å². The van der Waals surface area contributed by atoms with Crippen molar-refractivity contribution in [3.05, 3.63) is 33.8 Å². The molecule has 0 heterocycles. The van der Waals surface area contributed by atoms with Crippen LogP contribution in [0.15, 0.2) is 12.1 Å². The fraction of sp³-hybridized carbons (Fsp3) is 0.571. The summed E-state index contributed by atoms with van der Waals surface area (Å²) in [4.78, 5) is 0. The molecular weight excluding hydrogens is 218 g/mol. The van der Waals surface area contributed by atoms with Gasteiger partial charge in [0.1, 0.15) is 0 Å². The normalized spacial score (nSPS) is 24.2. The summed E-state index contributed by atoms with van der Waals surface area (Å²) in [6, 6.07) is 4.26. The molecule has 1 aromatic carbocycles. The number of halogens is 1. The van der Waals surface area contributed by atoms with Crippen LogP contribution < -0.4 is 5.73 Å². The largest absolute Gasteiger partial charge is 0.324 e. The summed E-state index contributed by atoms with van der Waals surface area (Å²) in [6.45, 7) is 8.73. The minimum Gasteiger partial charge on any atom is -0.324 e. The van der Waals surface area contributed by atoms with Gasteiger partial charge in [0, 0.05) is 11.1 Å². The Labute approximate surface area is 103 Å². The van der Waals surface area contributed by atoms with Crippen LogP contribution in [0, 0.1) is 25.2 Å². The van der Waals surface area contributed by atoms with Gasteiger partial charge in [-0.3, -0.25) is 0 Å². The zero-order valence-electron chi connectivity index (χ0n) is 10.5. The average molecular weight is 238 g/mol. The number of hydrogen-bond donors (Lipinski definition) is 1. The van der Waals surface area contributed by atoms with Gasteiger partial charge in [0.25, 0.3) is 0 Å². The van der Waals surface area contributed by atoms with E-state index in [1.165, 1.54) is 17.5 Å². The first-order chi connectivity index (χ1) is 7.33. The number of benzene rings is 1. The highest BCUT2D eigenvalue weighted by Gasteiger charge is 2.49. The summed E-state index contributed by atoms with van der Waals surface area (Å²) >= 11 is 6.28. The van der Waals surface area contributed by atoms with Gasteiger partial charge in [-0.1, -0.05) is 31.5 Å². The highest BCUT2D eigenvalue weighted by atomic mass is 35.5. The third-order valence-corrected chi connectivity index (χ3v) is 4.32. The maximum Gasteiger partial charge on any atom is 0.0456 e. The predicted molar refractivity (Wildman–Crippen MR) is 69.7 cm³/mol. The van der Waals surface area contributed by atoms with Gasteiger partial charge in [-0.2, -0.15) is 0 Å². The number of nitrogens with two attached hydrogens (primary N) is 1. The first-order valence-corrected chi connectivity index (χ1v) is 6.23. The Balaban J connectivity index is 2.31. The summed E-state index contributed by atoms with van der Waals surface area (Å²) < 4.78 is 0. The third-order valence-electron chi connectivity index (χ3n) is 4.00. The van der Waals surface area contributed by atoms with Gasteiger partial charge in [0.2, 0.25) is 0 Å². The highest BCUT2D eigenvalue weighted by Crippen LogP contribution is 2.57. The SMILES string of the molecule is Cc1cc(Cl)c(C(N)C2CC2(C)C)cc1C. The molecule has 0 saturated heterocycles. The fourth-order valence-corrected chi connectivity index (χ4v) is 2.74. The van der Waals surface area contributed by atoms with Crippen molar-refractivity contribution in [3.63, 3.8) is 0 Å². The Morgan fingerprint density at radius 1 is 1.31 bits per heavy atom. The Kier molecular flexibility index (Phi) is 2.80. The van der Waals surface area contributed by atoms with E-state index in [0.717, 1.165) is 10.6 Å². The van der Waals surface area contributed by atoms with Crippen LogP contribution in [0.5, 0.6) is 0 Å². The molecule has 1 saturated carbocycles. The van der Waals surface area contributed by atoms with Crippen molar-refractivity contribution in [2.75, 3.05) is 0 Å². The lowest BCUT2D eigenvalue weighted by Gasteiger charge is -2.17. The van der Waals surface area contributed by atoms with Crippen molar-refractivity contribution in [3.8, 4) is 0 Å². The molecular formula is C14H20ClN. The van der Waals surface area contributed by atoms with E-state index in [0.29, 0.717) is 11.3 Å². The molecule has 0 bridgehead atoms. The second kappa shape index (κ2) is 3.75. The molecule has 2 unspecified atom stereocenters. The predicted octanol–water partition coefficient (Wildman–Crippen LogP) is 4.00. The molecule has 2 heteroatoms. The number of aryl methyl sites for hydroxylation is 2. The van der Waals surface area contributed by atoms with E-state index in [-0.39, 0.29) is 6.04 Å². The van der Waals surface area contributed by atoms with Crippen molar-refractivity contribution < 1.29 is 0 Å². The fourth-order valence-electron chi connectivity index (χ4n) is 2.40. The second-order valence-corrected chi connectivity index (χ2v) is 6.19. The minimum absolute atomic E-state index is 0.0850. The smallest absolute Gasteiger partial charge is 0.0456 e. The van der Waals surface area contributed by atoms with E-state index in [2.05, 4.69) is 33.8 Å². The molecule has 2 N–H and O–H groups in total. The van der Waals surface area contributed by atoms with Crippen molar-refractivity contribution in [1.29, 1.82) is 0 Å². The molecule has 0 aliphatic heterocycles. The summed E-state index contributed by atoms with van der Waals surface area (Å²) in [5.41, 5.74) is 10.3. The third kappa shape index (κ3) is 1.99. The maximum absolute atomic E-state index is 6.31. The molecule has 2 rings (SSSR count). The van der Waals surface area contributed by atoms with E-state index >= 15 is 0 Å². The van der Waals surface area contributed by atoms with E-state index in [1.54, 1.807) is 0 Å². The second-order valence-electron chi connectivity index (χ2n) is 5.78. The Hall–Kier alpha value is -0.530. The summed E-state index contributed by atoms with van der Waals surface area (Å²) in [6.07, 6.45) is 1.21. The van der Waals surface area contributed by atoms with Crippen LogP contribution in [-0.2, 0) is 0 Å². The maximum atomic E-state index is 6.31. The molecule has 1 fully saturated rings. The van der Waals surface area contributed by atoms with Gasteiger partial charge in [0.15, 0.2) is 0 Å². The summed E-state index contributed by atoms with van der Waals surface area (Å²) in [5.74, 6) is 0.576. The highest BCUT2D eigenvalue weighted by molar-refractivity contribution is 6.31. The van der Waals surface area contributed by atoms with Gasteiger partial charge >= 0.3 is 0 Å². The Morgan fingerprint density at radius 2 is 1.81 bits per heavy atom. The average Bonchev–Trinajstić information content (AvgIpc) is 2.80. The number of hydrogen-bond acceptors (Lipinski definition) is 1. The van der Waals surface area contributed by atoms with E-state index in [4.69, 9.17) is 17.3 Å². The van der Waals surface area contributed by atoms with Crippen LogP contribution >= 0.6 is 11.6 Å². The topological polar surface area (TPSA) is 26.0 Å². The monoisotopic (exact) mass is 237 g/mol. The lowest BCUT2D eigenvalue weighted by molar-refractivity contribution is 0.491. The van der Waals surface area contributed by atoms with Crippen molar-refractivity contribution >= 4 is 11.6 Å². The van der Waals surface area contributed by atoms with Crippen molar-refractivity contribution in [1.82, 2.24) is 0 Å².